The summed E-state index contributed by atoms with van der Waals surface area (Å²) < 4.78 is 31.8. The lowest BCUT2D eigenvalue weighted by atomic mass is 10.1. The molecule has 0 heterocycles. The van der Waals surface area contributed by atoms with Gasteiger partial charge in [-0.3, -0.25) is 4.79 Å². The van der Waals surface area contributed by atoms with Crippen molar-refractivity contribution in [2.24, 2.45) is 0 Å². The van der Waals surface area contributed by atoms with Gasteiger partial charge in [-0.15, -0.1) is 0 Å². The first-order chi connectivity index (χ1) is 14.1. The van der Waals surface area contributed by atoms with Crippen LogP contribution in [0.25, 0.3) is 0 Å². The lowest BCUT2D eigenvalue weighted by Crippen LogP contribution is -2.16. The molecule has 0 atom stereocenters. The van der Waals surface area contributed by atoms with Crippen LogP contribution in [-0.4, -0.2) is 26.5 Å². The number of methoxy groups -OCH3 is 1. The third-order valence-electron chi connectivity index (χ3n) is 4.88. The third-order valence-corrected chi connectivity index (χ3v) is 6.83. The van der Waals surface area contributed by atoms with Crippen LogP contribution in [0.1, 0.15) is 27.0 Å². The molecule has 0 saturated carbocycles. The number of carbonyl (C=O) groups excluding carboxylic acids is 1. The fourth-order valence-corrected chi connectivity index (χ4v) is 4.80. The Labute approximate surface area is 176 Å². The third kappa shape index (κ3) is 4.02. The van der Waals surface area contributed by atoms with Crippen molar-refractivity contribution in [2.75, 3.05) is 12.4 Å². The summed E-state index contributed by atoms with van der Waals surface area (Å²) in [5, 5.41) is 13.1. The van der Waals surface area contributed by atoms with Gasteiger partial charge in [0.05, 0.1) is 17.7 Å². The molecule has 0 fully saturated rings. The van der Waals surface area contributed by atoms with E-state index >= 15 is 0 Å². The SMILES string of the molecule is COc1ccc(C(=O)Nc2cc(C)c(O)c(C)c2S(=O)(=O)c2ccc(C)cc2)cc1. The summed E-state index contributed by atoms with van der Waals surface area (Å²) in [7, 11) is -2.46. The average molecular weight is 426 g/mol. The van der Waals surface area contributed by atoms with Crippen molar-refractivity contribution in [3.8, 4) is 11.5 Å². The molecule has 0 aromatic heterocycles. The van der Waals surface area contributed by atoms with Crippen LogP contribution < -0.4 is 10.1 Å². The Morgan fingerprint density at radius 2 is 1.57 bits per heavy atom. The van der Waals surface area contributed by atoms with Crippen molar-refractivity contribution in [3.63, 3.8) is 0 Å². The molecule has 30 heavy (non-hydrogen) atoms. The number of rotatable bonds is 5. The van der Waals surface area contributed by atoms with Gasteiger partial charge in [0.1, 0.15) is 16.4 Å². The van der Waals surface area contributed by atoms with E-state index in [2.05, 4.69) is 5.32 Å². The fourth-order valence-electron chi connectivity index (χ4n) is 3.17. The first-order valence-corrected chi connectivity index (χ1v) is 10.7. The summed E-state index contributed by atoms with van der Waals surface area (Å²) >= 11 is 0. The number of hydrogen-bond donors (Lipinski definition) is 2. The number of nitrogens with one attached hydrogen (secondary N) is 1. The number of sulfone groups is 1. The zero-order valence-electron chi connectivity index (χ0n) is 17.2. The second kappa shape index (κ2) is 8.20. The molecule has 0 radical (unpaired) electrons. The molecule has 0 unspecified atom stereocenters. The fraction of sp³-hybridized carbons (Fsp3) is 0.174. The molecule has 0 aliphatic carbocycles. The van der Waals surface area contributed by atoms with Crippen LogP contribution in [0.15, 0.2) is 64.4 Å². The maximum atomic E-state index is 13.4. The first kappa shape index (κ1) is 21.4. The van der Waals surface area contributed by atoms with Crippen molar-refractivity contribution in [1.82, 2.24) is 0 Å². The number of aryl methyl sites for hydroxylation is 2. The normalized spacial score (nSPS) is 11.2. The highest BCUT2D eigenvalue weighted by molar-refractivity contribution is 7.91. The number of anilines is 1. The second-order valence-electron chi connectivity index (χ2n) is 7.04. The van der Waals surface area contributed by atoms with E-state index in [9.17, 15) is 18.3 Å². The number of aromatic hydroxyl groups is 1. The Morgan fingerprint density at radius 1 is 0.967 bits per heavy atom. The van der Waals surface area contributed by atoms with Gasteiger partial charge < -0.3 is 15.2 Å². The molecule has 156 valence electrons. The van der Waals surface area contributed by atoms with Gasteiger partial charge in [0, 0.05) is 11.1 Å². The van der Waals surface area contributed by atoms with Crippen LogP contribution in [0.5, 0.6) is 11.5 Å². The Bertz CT molecular complexity index is 1200. The van der Waals surface area contributed by atoms with Gasteiger partial charge in [-0.05, 0) is 68.8 Å². The first-order valence-electron chi connectivity index (χ1n) is 9.25. The minimum absolute atomic E-state index is 0.0828. The molecule has 7 heteroatoms. The molecule has 1 amide bonds. The van der Waals surface area contributed by atoms with E-state index in [1.165, 1.54) is 32.2 Å². The van der Waals surface area contributed by atoms with Crippen LogP contribution in [0.3, 0.4) is 0 Å². The number of hydrogen-bond acceptors (Lipinski definition) is 5. The molecular weight excluding hydrogens is 402 g/mol. The number of amides is 1. The maximum absolute atomic E-state index is 13.4. The van der Waals surface area contributed by atoms with Gasteiger partial charge in [0.15, 0.2) is 0 Å². The van der Waals surface area contributed by atoms with Crippen LogP contribution in [0.4, 0.5) is 5.69 Å². The molecular formula is C23H23NO5S. The number of carbonyl (C=O) groups is 1. The molecule has 0 saturated heterocycles. The van der Waals surface area contributed by atoms with Crippen molar-refractivity contribution in [3.05, 3.63) is 76.9 Å². The minimum atomic E-state index is -3.99. The van der Waals surface area contributed by atoms with Gasteiger partial charge in [0.2, 0.25) is 9.84 Å². The number of phenols is 1. The minimum Gasteiger partial charge on any atom is -0.507 e. The molecule has 0 aliphatic rings. The van der Waals surface area contributed by atoms with Crippen molar-refractivity contribution in [2.45, 2.75) is 30.6 Å². The standard InChI is InChI=1S/C23H23NO5S/c1-14-5-11-19(12-6-14)30(27,28)22-16(3)21(25)15(2)13-20(22)24-23(26)17-7-9-18(29-4)10-8-17/h5-13,25H,1-4H3,(H,24,26). The highest BCUT2D eigenvalue weighted by atomic mass is 32.2. The summed E-state index contributed by atoms with van der Waals surface area (Å²) in [6, 6.07) is 14.3. The second-order valence-corrected chi connectivity index (χ2v) is 8.93. The highest BCUT2D eigenvalue weighted by Crippen LogP contribution is 2.38. The molecule has 6 nitrogen and oxygen atoms in total. The van der Waals surface area contributed by atoms with Crippen LogP contribution in [0.2, 0.25) is 0 Å². The van der Waals surface area contributed by atoms with E-state index in [1.54, 1.807) is 43.3 Å². The predicted octanol–water partition coefficient (Wildman–Crippen LogP) is 4.41. The van der Waals surface area contributed by atoms with E-state index in [4.69, 9.17) is 4.74 Å². The van der Waals surface area contributed by atoms with Gasteiger partial charge in [0.25, 0.3) is 5.91 Å². The lowest BCUT2D eigenvalue weighted by Gasteiger charge is -2.17. The van der Waals surface area contributed by atoms with Crippen LogP contribution in [-0.2, 0) is 9.84 Å². The average Bonchev–Trinajstić information content (AvgIpc) is 2.72. The molecule has 0 bridgehead atoms. The Balaban J connectivity index is 2.10. The predicted molar refractivity (Wildman–Crippen MR) is 115 cm³/mol. The molecule has 3 aromatic carbocycles. The summed E-state index contributed by atoms with van der Waals surface area (Å²) in [5.41, 5.74) is 2.02. The van der Waals surface area contributed by atoms with E-state index in [-0.39, 0.29) is 26.8 Å². The Hall–Kier alpha value is -3.32. The summed E-state index contributed by atoms with van der Waals surface area (Å²) in [6.07, 6.45) is 0. The topological polar surface area (TPSA) is 92.7 Å². The highest BCUT2D eigenvalue weighted by Gasteiger charge is 2.27. The van der Waals surface area contributed by atoms with Crippen LogP contribution in [0, 0.1) is 20.8 Å². The quantitative estimate of drug-likeness (QED) is 0.591. The molecule has 0 aliphatic heterocycles. The van der Waals surface area contributed by atoms with Gasteiger partial charge in [-0.25, -0.2) is 8.42 Å². The zero-order valence-corrected chi connectivity index (χ0v) is 18.0. The molecule has 3 aromatic rings. The van der Waals surface area contributed by atoms with E-state index < -0.39 is 15.7 Å². The maximum Gasteiger partial charge on any atom is 0.255 e. The number of ether oxygens (including phenoxy) is 1. The van der Waals surface area contributed by atoms with Crippen molar-refractivity contribution in [1.29, 1.82) is 0 Å². The molecule has 0 spiro atoms. The largest absolute Gasteiger partial charge is 0.507 e. The molecule has 2 N–H and O–H groups in total. The number of benzene rings is 3. The van der Waals surface area contributed by atoms with E-state index in [0.29, 0.717) is 16.9 Å². The van der Waals surface area contributed by atoms with Gasteiger partial charge in [-0.1, -0.05) is 17.7 Å². The Morgan fingerprint density at radius 3 is 2.13 bits per heavy atom. The summed E-state index contributed by atoms with van der Waals surface area (Å²) in [6.45, 7) is 5.03. The van der Waals surface area contributed by atoms with Crippen molar-refractivity contribution >= 4 is 21.4 Å². The van der Waals surface area contributed by atoms with Crippen LogP contribution >= 0.6 is 0 Å². The monoisotopic (exact) mass is 425 g/mol. The number of phenolic OH excluding ortho intramolecular Hbond substituents is 1. The summed E-state index contributed by atoms with van der Waals surface area (Å²) in [5.74, 6) is 0.0103. The van der Waals surface area contributed by atoms with Gasteiger partial charge in [-0.2, -0.15) is 0 Å². The van der Waals surface area contributed by atoms with Crippen molar-refractivity contribution < 1.29 is 23.1 Å². The Kier molecular flexibility index (Phi) is 5.85. The van der Waals surface area contributed by atoms with E-state index in [1.807, 2.05) is 6.92 Å². The smallest absolute Gasteiger partial charge is 0.255 e. The summed E-state index contributed by atoms with van der Waals surface area (Å²) in [4.78, 5) is 12.7. The lowest BCUT2D eigenvalue weighted by molar-refractivity contribution is 0.102. The zero-order chi connectivity index (χ0) is 22.1. The molecule has 3 rings (SSSR count). The van der Waals surface area contributed by atoms with Gasteiger partial charge >= 0.3 is 0 Å². The van der Waals surface area contributed by atoms with E-state index in [0.717, 1.165) is 5.56 Å².